The first-order valence-electron chi connectivity index (χ1n) is 43.5. The van der Waals surface area contributed by atoms with E-state index in [1.165, 1.54) is 95.5 Å². The van der Waals surface area contributed by atoms with Crippen molar-refractivity contribution in [1.82, 2.24) is 61.1 Å². The van der Waals surface area contributed by atoms with Crippen molar-refractivity contribution in [2.24, 2.45) is 5.92 Å². The van der Waals surface area contributed by atoms with E-state index in [0.29, 0.717) is 91.4 Å². The summed E-state index contributed by atoms with van der Waals surface area (Å²) in [4.78, 5) is 45.5. The van der Waals surface area contributed by atoms with Crippen LogP contribution in [0, 0.1) is 18.3 Å². The minimum atomic E-state index is -0.566. The molecule has 6 aliphatic rings. The van der Waals surface area contributed by atoms with Gasteiger partial charge in [0.25, 0.3) is 0 Å². The van der Waals surface area contributed by atoms with Gasteiger partial charge in [-0.25, -0.2) is 39.9 Å². The summed E-state index contributed by atoms with van der Waals surface area (Å²) >= 11 is 0. The molecule has 5 fully saturated rings. The van der Waals surface area contributed by atoms with Gasteiger partial charge in [0.05, 0.1) is 11.4 Å². The van der Waals surface area contributed by atoms with Crippen LogP contribution in [0.2, 0.25) is 0 Å². The number of hydrogen-bond donors (Lipinski definition) is 9. The molecular weight excluding hydrogens is 1510 g/mol. The van der Waals surface area contributed by atoms with E-state index in [0.717, 1.165) is 150 Å². The number of benzene rings is 4. The lowest BCUT2D eigenvalue weighted by molar-refractivity contribution is 0.0904. The zero-order chi connectivity index (χ0) is 84.5. The molecule has 5 heterocycles. The van der Waals surface area contributed by atoms with Crippen LogP contribution < -0.4 is 60.2 Å². The molecule has 4 aromatic carbocycles. The van der Waals surface area contributed by atoms with E-state index in [2.05, 4.69) is 86.1 Å². The van der Waals surface area contributed by atoms with Crippen LogP contribution in [0.15, 0.2) is 134 Å². The van der Waals surface area contributed by atoms with E-state index < -0.39 is 24.4 Å². The SMILES string of the molecule is C#CCCN(C)c1cc(C2=CCCC2)nc(-c2cccc(OCC(O)CNC)c2)n1.C=C(C)c1cc(N(C)C2CCCCC2)nc(-c2cccc(OCC(O)CNC)c2)n1.CNCC(O)COc1cccc(-c2nc(C3CC3)cc(N(C)C3CCCCC3)n2)c1.CNCC(O)COc1cccc(-c2nc(CC3CC3)cc(NC3CCOCC3)n2)c1. The Balaban J connectivity index is 0.000000156. The van der Waals surface area contributed by atoms with Crippen LogP contribution in [-0.2, 0) is 11.2 Å². The van der Waals surface area contributed by atoms with Gasteiger partial charge in [-0.3, -0.25) is 0 Å². The van der Waals surface area contributed by atoms with E-state index in [1.807, 2.05) is 137 Å². The number of nitrogens with zero attached hydrogens (tertiary/aromatic N) is 11. The third kappa shape index (κ3) is 29.0. The molecule has 25 nitrogen and oxygen atoms in total. The maximum atomic E-state index is 9.90. The Hall–Kier alpha value is -9.72. The Kier molecular flexibility index (Phi) is 36.0. The lowest BCUT2D eigenvalue weighted by atomic mass is 9.94. The van der Waals surface area contributed by atoms with Gasteiger partial charge in [0, 0.05) is 155 Å². The Morgan fingerprint density at radius 1 is 0.508 bits per heavy atom. The number of terminal acetylenes is 1. The van der Waals surface area contributed by atoms with E-state index in [4.69, 9.17) is 70.0 Å². The highest BCUT2D eigenvalue weighted by molar-refractivity contribution is 5.71. The normalized spacial score (nSPS) is 16.5. The molecule has 0 spiro atoms. The molecule has 4 aromatic heterocycles. The number of anilines is 4. The molecule has 4 unspecified atom stereocenters. The predicted octanol–water partition coefficient (Wildman–Crippen LogP) is 13.4. The Labute approximate surface area is 711 Å². The summed E-state index contributed by atoms with van der Waals surface area (Å²) in [6, 6.07) is 40.9. The Morgan fingerprint density at radius 2 is 0.958 bits per heavy atom. The molecule has 14 rings (SSSR count). The maximum absolute atomic E-state index is 9.90. The van der Waals surface area contributed by atoms with Crippen LogP contribution in [-0.4, -0.2) is 225 Å². The Bertz CT molecular complexity index is 4560. The largest absolute Gasteiger partial charge is 0.491 e. The standard InChI is InChI=1S/2C24H34N4O2.C24H30N4O2.C23H32N4O3/c1-25-15-20(29)16-30-21-10-6-7-18(13-21)24-26-22(17-11-12-17)14-23(27-24)28(2)19-8-4-3-5-9-19;1-17(2)22-14-23(28(4)19-10-6-5-7-11-19)27-24(26-22)18-9-8-12-21(13-18)30-16-20(29)15-25-3;1-4-5-13-28(3)23-15-22(18-9-6-7-10-18)26-24(27-23)19-11-8-12-21(14-19)30-17-20(29)16-25-2;1-24-14-20(28)15-30-21-4-2-3-17(12-21)23-26-19(11-16-5-6-16)13-22(27-23)25-18-7-9-29-10-8-18/h6-7,10,13-14,17,19-20,25,29H,3-5,8-9,11-12,15-16H2,1-2H3;8-9,12-14,19-20,25,29H,1,5-7,10-11,15-16H2,2-4H3;1,8-9,11-12,14-15,20,25,29H,5-7,10,13,16-17H2,2-3H3;2-4,12-13,16,18,20,24,28H,5-11,14-15H2,1H3,(H,25,26,27). The fraction of sp³-hybridized carbons (Fsp3) is 0.516. The number of aliphatic hydroxyl groups excluding tert-OH is 4. The van der Waals surface area contributed by atoms with Gasteiger partial charge in [-0.2, -0.15) is 0 Å². The third-order valence-electron chi connectivity index (χ3n) is 22.4. The molecule has 9 N–H and O–H groups in total. The quantitative estimate of drug-likeness (QED) is 0.0162. The summed E-state index contributed by atoms with van der Waals surface area (Å²) < 4.78 is 28.5. The van der Waals surface area contributed by atoms with Gasteiger partial charge in [-0.15, -0.1) is 12.3 Å². The van der Waals surface area contributed by atoms with Crippen LogP contribution in [0.4, 0.5) is 23.3 Å². The number of hydrogen-bond acceptors (Lipinski definition) is 25. The van der Waals surface area contributed by atoms with Gasteiger partial charge in [0.15, 0.2) is 23.3 Å². The molecule has 0 amide bonds. The summed E-state index contributed by atoms with van der Waals surface area (Å²) in [5.41, 5.74) is 9.90. The average Bonchev–Trinajstić information content (AvgIpc) is 1.36. The second-order valence-corrected chi connectivity index (χ2v) is 32.6. The molecular formula is C95H130N16O9. The van der Waals surface area contributed by atoms with E-state index in [9.17, 15) is 20.4 Å². The molecule has 4 saturated carbocycles. The van der Waals surface area contributed by atoms with Crippen LogP contribution in [0.5, 0.6) is 23.0 Å². The first kappa shape index (κ1) is 91.0. The monoisotopic (exact) mass is 1640 g/mol. The number of nitrogens with one attached hydrogen (secondary N) is 5. The number of allylic oxidation sites excluding steroid dienone is 3. The van der Waals surface area contributed by atoms with E-state index in [1.54, 1.807) is 14.1 Å². The molecule has 0 radical (unpaired) electrons. The summed E-state index contributed by atoms with van der Waals surface area (Å²) in [6.07, 6.45) is 30.2. The number of aliphatic hydroxyl groups is 4. The lowest BCUT2D eigenvalue weighted by Gasteiger charge is -2.32. The molecule has 0 bridgehead atoms. The highest BCUT2D eigenvalue weighted by atomic mass is 16.5. The molecule has 120 heavy (non-hydrogen) atoms. The second kappa shape index (κ2) is 47.5. The van der Waals surface area contributed by atoms with Gasteiger partial charge >= 0.3 is 0 Å². The van der Waals surface area contributed by atoms with Crippen LogP contribution >= 0.6 is 0 Å². The third-order valence-corrected chi connectivity index (χ3v) is 22.4. The van der Waals surface area contributed by atoms with E-state index in [-0.39, 0.29) is 26.4 Å². The number of rotatable bonds is 38. The van der Waals surface area contributed by atoms with Crippen molar-refractivity contribution in [1.29, 1.82) is 0 Å². The molecule has 1 saturated heterocycles. The number of aromatic nitrogens is 8. The Morgan fingerprint density at radius 3 is 1.39 bits per heavy atom. The van der Waals surface area contributed by atoms with Crippen LogP contribution in [0.3, 0.4) is 0 Å². The summed E-state index contributed by atoms with van der Waals surface area (Å²) in [5.74, 6) is 13.3. The molecule has 8 aromatic rings. The number of likely N-dealkylation sites (N-methyl/N-ethyl adjacent to an activating group) is 4. The molecule has 1 aliphatic heterocycles. The smallest absolute Gasteiger partial charge is 0.162 e. The molecule has 644 valence electrons. The summed E-state index contributed by atoms with van der Waals surface area (Å²) in [6.45, 7) is 11.3. The van der Waals surface area contributed by atoms with Crippen molar-refractivity contribution in [3.63, 3.8) is 0 Å². The van der Waals surface area contributed by atoms with Crippen molar-refractivity contribution in [2.45, 2.75) is 190 Å². The molecule has 25 heteroatoms. The predicted molar refractivity (Wildman–Crippen MR) is 481 cm³/mol. The topological polar surface area (TPSA) is 300 Å². The maximum Gasteiger partial charge on any atom is 0.162 e. The van der Waals surface area contributed by atoms with Gasteiger partial charge in [0.2, 0.25) is 0 Å². The van der Waals surface area contributed by atoms with Crippen molar-refractivity contribution in [3.8, 4) is 80.9 Å². The van der Waals surface area contributed by atoms with Crippen molar-refractivity contribution in [2.75, 3.05) is 142 Å². The zero-order valence-electron chi connectivity index (χ0n) is 72.0. The average molecular weight is 1640 g/mol. The molecule has 4 atom stereocenters. The highest BCUT2D eigenvalue weighted by Crippen LogP contribution is 2.42. The molecule has 5 aliphatic carbocycles. The van der Waals surface area contributed by atoms with Crippen molar-refractivity contribution in [3.05, 3.63) is 157 Å². The first-order chi connectivity index (χ1) is 58.4. The number of ether oxygens (including phenoxy) is 5. The van der Waals surface area contributed by atoms with E-state index >= 15 is 0 Å². The fourth-order valence-electron chi connectivity index (χ4n) is 15.1. The van der Waals surface area contributed by atoms with Gasteiger partial charge in [-0.05, 0) is 191 Å². The van der Waals surface area contributed by atoms with Gasteiger partial charge in [0.1, 0.15) is 97.1 Å². The van der Waals surface area contributed by atoms with Crippen LogP contribution in [0.1, 0.15) is 164 Å². The van der Waals surface area contributed by atoms with Crippen molar-refractivity contribution < 1.29 is 44.1 Å². The zero-order valence-corrected chi connectivity index (χ0v) is 72.0. The summed E-state index contributed by atoms with van der Waals surface area (Å²) in [7, 11) is 13.5. The van der Waals surface area contributed by atoms with Gasteiger partial charge < -0.3 is 85.4 Å². The minimum absolute atomic E-state index is 0.220. The van der Waals surface area contributed by atoms with Gasteiger partial charge in [-0.1, -0.05) is 99.7 Å². The fourth-order valence-corrected chi connectivity index (χ4v) is 15.1. The minimum Gasteiger partial charge on any atom is -0.491 e. The second-order valence-electron chi connectivity index (χ2n) is 32.6. The summed E-state index contributed by atoms with van der Waals surface area (Å²) in [5, 5.41) is 54.9. The van der Waals surface area contributed by atoms with Crippen molar-refractivity contribution >= 4 is 34.4 Å². The lowest BCUT2D eigenvalue weighted by Crippen LogP contribution is -2.34. The van der Waals surface area contributed by atoms with Crippen LogP contribution in [0.25, 0.3) is 56.7 Å². The first-order valence-corrected chi connectivity index (χ1v) is 43.5. The highest BCUT2D eigenvalue weighted by Gasteiger charge is 2.30.